The maximum atomic E-state index is 12.7. The van der Waals surface area contributed by atoms with Crippen molar-refractivity contribution in [2.24, 2.45) is 11.8 Å². The quantitative estimate of drug-likeness (QED) is 0.874. The summed E-state index contributed by atoms with van der Waals surface area (Å²) in [6.07, 6.45) is 5.45. The van der Waals surface area contributed by atoms with Crippen LogP contribution in [0.3, 0.4) is 0 Å². The van der Waals surface area contributed by atoms with Gasteiger partial charge in [0.15, 0.2) is 0 Å². The number of carbonyl (C=O) groups excluding carboxylic acids is 1. The fraction of sp³-hybridized carbons (Fsp3) is 0.579. The highest BCUT2D eigenvalue weighted by molar-refractivity contribution is 5.96. The molecule has 140 valence electrons. The van der Waals surface area contributed by atoms with Crippen LogP contribution in [0, 0.1) is 11.8 Å². The number of aryl methyl sites for hydroxylation is 1. The molecule has 2 aromatic heterocycles. The molecular formula is C19H26N4O3. The molecule has 2 N–H and O–H groups in total. The van der Waals surface area contributed by atoms with E-state index in [4.69, 9.17) is 0 Å². The van der Waals surface area contributed by atoms with Gasteiger partial charge in [-0.1, -0.05) is 33.6 Å². The number of pyridine rings is 1. The first-order valence-electron chi connectivity index (χ1n) is 9.36. The minimum Gasteiger partial charge on any atom is -0.349 e. The predicted octanol–water partition coefficient (Wildman–Crippen LogP) is 2.05. The van der Waals surface area contributed by atoms with Gasteiger partial charge in [0.25, 0.3) is 11.5 Å². The summed E-state index contributed by atoms with van der Waals surface area (Å²) in [5.41, 5.74) is -0.329. The largest absolute Gasteiger partial charge is 0.349 e. The van der Waals surface area contributed by atoms with Gasteiger partial charge in [0.05, 0.1) is 10.9 Å². The molecule has 3 unspecified atom stereocenters. The monoisotopic (exact) mass is 358 g/mol. The first-order chi connectivity index (χ1) is 12.4. The van der Waals surface area contributed by atoms with Gasteiger partial charge in [-0.05, 0) is 30.7 Å². The van der Waals surface area contributed by atoms with Crippen molar-refractivity contribution < 1.29 is 4.79 Å². The Hall–Kier alpha value is -2.44. The van der Waals surface area contributed by atoms with E-state index in [1.54, 1.807) is 0 Å². The molecule has 26 heavy (non-hydrogen) atoms. The van der Waals surface area contributed by atoms with Gasteiger partial charge >= 0.3 is 5.69 Å². The van der Waals surface area contributed by atoms with Crippen molar-refractivity contribution in [2.75, 3.05) is 0 Å². The first-order valence-corrected chi connectivity index (χ1v) is 9.36. The molecular weight excluding hydrogens is 332 g/mol. The van der Waals surface area contributed by atoms with Crippen LogP contribution in [0.15, 0.2) is 21.9 Å². The summed E-state index contributed by atoms with van der Waals surface area (Å²) < 4.78 is 1.43. The lowest BCUT2D eigenvalue weighted by Gasteiger charge is -2.34. The van der Waals surface area contributed by atoms with Crippen LogP contribution >= 0.6 is 0 Å². The van der Waals surface area contributed by atoms with Crippen molar-refractivity contribution in [1.29, 1.82) is 0 Å². The minimum absolute atomic E-state index is 0.134. The number of carbonyl (C=O) groups is 1. The number of nitrogens with zero attached hydrogens (tertiary/aromatic N) is 2. The Morgan fingerprint density at radius 1 is 1.35 bits per heavy atom. The third kappa shape index (κ3) is 3.43. The van der Waals surface area contributed by atoms with Gasteiger partial charge in [0, 0.05) is 18.8 Å². The zero-order chi connectivity index (χ0) is 18.8. The van der Waals surface area contributed by atoms with E-state index in [1.807, 2.05) is 6.92 Å². The number of amides is 1. The van der Waals surface area contributed by atoms with E-state index in [-0.39, 0.29) is 17.3 Å². The highest BCUT2D eigenvalue weighted by Gasteiger charge is 2.28. The molecule has 1 saturated carbocycles. The van der Waals surface area contributed by atoms with Gasteiger partial charge in [-0.2, -0.15) is 0 Å². The summed E-state index contributed by atoms with van der Waals surface area (Å²) in [4.78, 5) is 43.4. The van der Waals surface area contributed by atoms with Crippen molar-refractivity contribution in [3.05, 3.63) is 38.7 Å². The average Bonchev–Trinajstić information content (AvgIpc) is 2.62. The SMILES string of the molecule is CCCn1c(=O)[nH]c(=O)c2cc(C(=O)NC3CCCC(C)C3C)cnc21. The first kappa shape index (κ1) is 18.4. The molecule has 0 bridgehead atoms. The Labute approximate surface area is 151 Å². The number of nitrogens with one attached hydrogen (secondary N) is 2. The molecule has 1 fully saturated rings. The second kappa shape index (κ2) is 7.43. The molecule has 0 spiro atoms. The Kier molecular flexibility index (Phi) is 5.25. The van der Waals surface area contributed by atoms with E-state index in [2.05, 4.69) is 29.1 Å². The lowest BCUT2D eigenvalue weighted by atomic mass is 9.78. The normalized spacial score (nSPS) is 23.1. The van der Waals surface area contributed by atoms with Crippen LogP contribution in [0.1, 0.15) is 56.8 Å². The Morgan fingerprint density at radius 2 is 2.12 bits per heavy atom. The molecule has 3 atom stereocenters. The number of hydrogen-bond donors (Lipinski definition) is 2. The Morgan fingerprint density at radius 3 is 2.85 bits per heavy atom. The third-order valence-electron chi connectivity index (χ3n) is 5.57. The topological polar surface area (TPSA) is 96.9 Å². The summed E-state index contributed by atoms with van der Waals surface area (Å²) in [5, 5.41) is 3.35. The number of fused-ring (bicyclic) bond motifs is 1. The van der Waals surface area contributed by atoms with E-state index in [0.717, 1.165) is 19.3 Å². The maximum absolute atomic E-state index is 12.7. The second-order valence-electron chi connectivity index (χ2n) is 7.35. The van der Waals surface area contributed by atoms with Gasteiger partial charge in [-0.25, -0.2) is 9.78 Å². The fourth-order valence-corrected chi connectivity index (χ4v) is 3.76. The number of aromatic nitrogens is 3. The maximum Gasteiger partial charge on any atom is 0.329 e. The van der Waals surface area contributed by atoms with Crippen LogP contribution in [0.5, 0.6) is 0 Å². The van der Waals surface area contributed by atoms with E-state index in [9.17, 15) is 14.4 Å². The van der Waals surface area contributed by atoms with Gasteiger partial charge in [-0.15, -0.1) is 0 Å². The molecule has 0 radical (unpaired) electrons. The van der Waals surface area contributed by atoms with Crippen molar-refractivity contribution in [1.82, 2.24) is 19.9 Å². The van der Waals surface area contributed by atoms with Crippen molar-refractivity contribution in [2.45, 2.75) is 59.0 Å². The molecule has 7 nitrogen and oxygen atoms in total. The molecule has 3 rings (SSSR count). The van der Waals surface area contributed by atoms with Crippen LogP contribution in [-0.4, -0.2) is 26.5 Å². The fourth-order valence-electron chi connectivity index (χ4n) is 3.76. The van der Waals surface area contributed by atoms with Crippen molar-refractivity contribution in [3.8, 4) is 0 Å². The van der Waals surface area contributed by atoms with Gasteiger partial charge in [0.2, 0.25) is 0 Å². The summed E-state index contributed by atoms with van der Waals surface area (Å²) in [6, 6.07) is 1.66. The molecule has 7 heteroatoms. The zero-order valence-corrected chi connectivity index (χ0v) is 15.5. The smallest absolute Gasteiger partial charge is 0.329 e. The van der Waals surface area contributed by atoms with E-state index in [1.165, 1.54) is 23.3 Å². The summed E-state index contributed by atoms with van der Waals surface area (Å²) in [5.74, 6) is 0.771. The van der Waals surface area contributed by atoms with E-state index in [0.29, 0.717) is 29.6 Å². The van der Waals surface area contributed by atoms with Gasteiger partial charge < -0.3 is 5.32 Å². The Bertz CT molecular complexity index is 931. The predicted molar refractivity (Wildman–Crippen MR) is 100 cm³/mol. The number of hydrogen-bond acceptors (Lipinski definition) is 4. The lowest BCUT2D eigenvalue weighted by molar-refractivity contribution is 0.0891. The summed E-state index contributed by atoms with van der Waals surface area (Å²) in [6.45, 7) is 6.79. The summed E-state index contributed by atoms with van der Waals surface area (Å²) >= 11 is 0. The number of aromatic amines is 1. The lowest BCUT2D eigenvalue weighted by Crippen LogP contribution is -2.43. The third-order valence-corrected chi connectivity index (χ3v) is 5.57. The highest BCUT2D eigenvalue weighted by Crippen LogP contribution is 2.29. The number of H-pyrrole nitrogens is 1. The molecule has 2 heterocycles. The van der Waals surface area contributed by atoms with Crippen molar-refractivity contribution >= 4 is 16.9 Å². The van der Waals surface area contributed by atoms with Crippen LogP contribution < -0.4 is 16.6 Å². The zero-order valence-electron chi connectivity index (χ0n) is 15.5. The standard InChI is InChI=1S/C19H26N4O3/c1-4-8-23-16-14(18(25)22-19(23)26)9-13(10-20-16)17(24)21-15-7-5-6-11(2)12(15)3/h9-12,15H,4-8H2,1-3H3,(H,21,24)(H,22,25,26). The van der Waals surface area contributed by atoms with Gasteiger partial charge in [-0.3, -0.25) is 19.1 Å². The van der Waals surface area contributed by atoms with Crippen LogP contribution in [0.2, 0.25) is 0 Å². The molecule has 0 aromatic carbocycles. The van der Waals surface area contributed by atoms with E-state index >= 15 is 0 Å². The molecule has 1 aliphatic carbocycles. The molecule has 0 aliphatic heterocycles. The van der Waals surface area contributed by atoms with Crippen LogP contribution in [-0.2, 0) is 6.54 Å². The second-order valence-corrected chi connectivity index (χ2v) is 7.35. The molecule has 1 aliphatic rings. The molecule has 1 amide bonds. The van der Waals surface area contributed by atoms with Crippen LogP contribution in [0.25, 0.3) is 11.0 Å². The van der Waals surface area contributed by atoms with Crippen molar-refractivity contribution in [3.63, 3.8) is 0 Å². The highest BCUT2D eigenvalue weighted by atomic mass is 16.2. The molecule has 0 saturated heterocycles. The average molecular weight is 358 g/mol. The van der Waals surface area contributed by atoms with Crippen LogP contribution in [0.4, 0.5) is 0 Å². The Balaban J connectivity index is 1.92. The minimum atomic E-state index is -0.515. The number of rotatable bonds is 4. The van der Waals surface area contributed by atoms with Gasteiger partial charge in [0.1, 0.15) is 5.65 Å². The summed E-state index contributed by atoms with van der Waals surface area (Å²) in [7, 11) is 0. The van der Waals surface area contributed by atoms with E-state index < -0.39 is 11.2 Å². The molecule has 2 aromatic rings.